The fraction of sp³-hybridized carbons (Fsp3) is 0.385. The summed E-state index contributed by atoms with van der Waals surface area (Å²) in [7, 11) is 0. The molecule has 0 saturated heterocycles. The molecule has 168 valence electrons. The van der Waals surface area contributed by atoms with Gasteiger partial charge in [0.1, 0.15) is 13.2 Å². The second-order valence-corrected chi connectivity index (χ2v) is 9.63. The van der Waals surface area contributed by atoms with Crippen LogP contribution in [-0.2, 0) is 20.7 Å². The Balaban J connectivity index is 1.84. The minimum Gasteiger partial charge on any atom is -0.476 e. The van der Waals surface area contributed by atoms with E-state index < -0.39 is 22.3 Å². The number of rotatable bonds is 6. The van der Waals surface area contributed by atoms with Crippen molar-refractivity contribution >= 4 is 11.8 Å². The van der Waals surface area contributed by atoms with Gasteiger partial charge in [0.2, 0.25) is 11.8 Å². The van der Waals surface area contributed by atoms with E-state index >= 15 is 0 Å². The van der Waals surface area contributed by atoms with Crippen LogP contribution in [0.2, 0.25) is 0 Å². The van der Waals surface area contributed by atoms with E-state index in [2.05, 4.69) is 9.98 Å². The molecule has 2 N–H and O–H groups in total. The highest BCUT2D eigenvalue weighted by atomic mass is 16.5. The predicted octanol–water partition coefficient (Wildman–Crippen LogP) is 3.73. The summed E-state index contributed by atoms with van der Waals surface area (Å²) in [4.78, 5) is 9.23. The second-order valence-electron chi connectivity index (χ2n) is 9.63. The fourth-order valence-electron chi connectivity index (χ4n) is 3.77. The van der Waals surface area contributed by atoms with Crippen LogP contribution in [0.25, 0.3) is 0 Å². The molecule has 0 bridgehead atoms. The molecule has 0 radical (unpaired) electrons. The highest BCUT2D eigenvalue weighted by Crippen LogP contribution is 2.36. The molecule has 4 rings (SSSR count). The van der Waals surface area contributed by atoms with E-state index in [0.717, 1.165) is 0 Å². The van der Waals surface area contributed by atoms with Crippen LogP contribution in [0.1, 0.15) is 38.8 Å². The van der Waals surface area contributed by atoms with Crippen molar-refractivity contribution in [1.29, 1.82) is 0 Å². The van der Waals surface area contributed by atoms with Crippen LogP contribution >= 0.6 is 0 Å². The number of ether oxygens (including phenoxy) is 2. The maximum absolute atomic E-state index is 11.8. The zero-order valence-electron chi connectivity index (χ0n) is 18.9. The van der Waals surface area contributed by atoms with E-state index in [-0.39, 0.29) is 11.8 Å². The van der Waals surface area contributed by atoms with E-state index in [4.69, 9.17) is 9.47 Å². The van der Waals surface area contributed by atoms with Crippen LogP contribution in [0.5, 0.6) is 0 Å². The first-order valence-corrected chi connectivity index (χ1v) is 10.8. The Kier molecular flexibility index (Phi) is 5.47. The van der Waals surface area contributed by atoms with Crippen molar-refractivity contribution in [3.8, 4) is 0 Å². The molecule has 2 aliphatic rings. The summed E-state index contributed by atoms with van der Waals surface area (Å²) in [5.41, 5.74) is -3.09. The molecule has 32 heavy (non-hydrogen) atoms. The van der Waals surface area contributed by atoms with Crippen molar-refractivity contribution in [2.24, 2.45) is 9.98 Å². The summed E-state index contributed by atoms with van der Waals surface area (Å²) in [5, 5.41) is 23.7. The quantitative estimate of drug-likeness (QED) is 0.679. The Morgan fingerprint density at radius 1 is 0.688 bits per heavy atom. The summed E-state index contributed by atoms with van der Waals surface area (Å²) >= 11 is 0. The Morgan fingerprint density at radius 2 is 1.03 bits per heavy atom. The van der Waals surface area contributed by atoms with Crippen LogP contribution in [0.3, 0.4) is 0 Å². The predicted molar refractivity (Wildman–Crippen MR) is 125 cm³/mol. The van der Waals surface area contributed by atoms with Crippen molar-refractivity contribution < 1.29 is 19.7 Å². The van der Waals surface area contributed by atoms with Gasteiger partial charge in [-0.25, -0.2) is 9.98 Å². The lowest BCUT2D eigenvalue weighted by atomic mass is 9.87. The van der Waals surface area contributed by atoms with Crippen molar-refractivity contribution in [2.45, 2.75) is 50.0 Å². The molecule has 2 aromatic rings. The van der Waals surface area contributed by atoms with E-state index in [1.807, 2.05) is 64.1 Å². The van der Waals surface area contributed by atoms with Gasteiger partial charge in [0.05, 0.1) is 11.1 Å². The second kappa shape index (κ2) is 7.87. The zero-order valence-corrected chi connectivity index (χ0v) is 18.9. The molecule has 2 atom stereocenters. The van der Waals surface area contributed by atoms with Crippen LogP contribution < -0.4 is 0 Å². The maximum atomic E-state index is 11.8. The van der Waals surface area contributed by atoms with E-state index in [1.165, 1.54) is 12.2 Å². The molecule has 0 fully saturated rings. The minimum absolute atomic E-state index is 0.190. The van der Waals surface area contributed by atoms with Gasteiger partial charge in [-0.3, -0.25) is 0 Å². The zero-order chi connectivity index (χ0) is 23.0. The number of hydrogen-bond donors (Lipinski definition) is 2. The number of nitrogens with zero attached hydrogens (tertiary/aromatic N) is 2. The van der Waals surface area contributed by atoms with Crippen LogP contribution in [-0.4, -0.2) is 46.3 Å². The number of hydrogen-bond acceptors (Lipinski definition) is 6. The molecule has 0 spiro atoms. The summed E-state index contributed by atoms with van der Waals surface area (Å²) < 4.78 is 11.6. The average Bonchev–Trinajstić information content (AvgIpc) is 3.34. The summed E-state index contributed by atoms with van der Waals surface area (Å²) in [6, 6.07) is 18.3. The molecule has 2 aliphatic heterocycles. The minimum atomic E-state index is -1.67. The molecule has 6 nitrogen and oxygen atoms in total. The van der Waals surface area contributed by atoms with Crippen LogP contribution in [0.15, 0.2) is 82.8 Å². The van der Waals surface area contributed by atoms with Gasteiger partial charge in [0.25, 0.3) is 0 Å². The first-order chi connectivity index (χ1) is 15.0. The van der Waals surface area contributed by atoms with Crippen molar-refractivity contribution in [2.75, 3.05) is 13.2 Å². The molecule has 2 aromatic carbocycles. The first kappa shape index (κ1) is 22.2. The van der Waals surface area contributed by atoms with Gasteiger partial charge in [0.15, 0.2) is 11.2 Å². The van der Waals surface area contributed by atoms with Crippen molar-refractivity contribution in [3.63, 3.8) is 0 Å². The normalized spacial score (nSPS) is 22.9. The lowest BCUT2D eigenvalue weighted by Crippen LogP contribution is -2.38. The highest BCUT2D eigenvalue weighted by molar-refractivity contribution is 5.92. The lowest BCUT2D eigenvalue weighted by molar-refractivity contribution is 0.112. The third-order valence-electron chi connectivity index (χ3n) is 5.58. The van der Waals surface area contributed by atoms with Gasteiger partial charge in [0, 0.05) is 0 Å². The molecule has 6 heteroatoms. The molecule has 2 heterocycles. The fourth-order valence-corrected chi connectivity index (χ4v) is 3.77. The molecule has 0 aromatic heterocycles. The standard InChI is InChI=1S/C26H30N2O4/c1-23(2)17-31-21(27-23)25(29,19-11-7-5-8-12-19)15-16-26(30,20-13-9-6-10-14-20)22-28-24(3,4)18-32-22/h5-16,29-30H,17-18H2,1-4H3/b16-15+. The van der Waals surface area contributed by atoms with Crippen molar-refractivity contribution in [3.05, 3.63) is 83.9 Å². The first-order valence-electron chi connectivity index (χ1n) is 10.8. The third kappa shape index (κ3) is 4.20. The Bertz CT molecular complexity index is 974. The smallest absolute Gasteiger partial charge is 0.226 e. The van der Waals surface area contributed by atoms with E-state index in [0.29, 0.717) is 24.3 Å². The highest BCUT2D eigenvalue weighted by Gasteiger charge is 2.45. The van der Waals surface area contributed by atoms with Crippen molar-refractivity contribution in [1.82, 2.24) is 0 Å². The monoisotopic (exact) mass is 434 g/mol. The molecule has 0 aliphatic carbocycles. The lowest BCUT2D eigenvalue weighted by Gasteiger charge is -2.28. The molecular weight excluding hydrogens is 404 g/mol. The van der Waals surface area contributed by atoms with Gasteiger partial charge >= 0.3 is 0 Å². The number of aliphatic imine (C=N–C) groups is 2. The number of aliphatic hydroxyl groups is 2. The summed E-state index contributed by atoms with van der Waals surface area (Å²) in [5.74, 6) is 0.380. The van der Waals surface area contributed by atoms with Gasteiger partial charge < -0.3 is 19.7 Å². The van der Waals surface area contributed by atoms with Gasteiger partial charge in [-0.15, -0.1) is 0 Å². The molecule has 0 amide bonds. The van der Waals surface area contributed by atoms with Crippen LogP contribution in [0.4, 0.5) is 0 Å². The van der Waals surface area contributed by atoms with Gasteiger partial charge in [-0.05, 0) is 51.0 Å². The third-order valence-corrected chi connectivity index (χ3v) is 5.58. The topological polar surface area (TPSA) is 83.6 Å². The van der Waals surface area contributed by atoms with Gasteiger partial charge in [-0.2, -0.15) is 0 Å². The Hall–Kier alpha value is -2.96. The SMILES string of the molecule is CC1(C)COC(C(O)(/C=C/C(O)(C2=NC(C)(C)CO2)c2ccccc2)c2ccccc2)=N1. The van der Waals surface area contributed by atoms with Crippen LogP contribution in [0, 0.1) is 0 Å². The Morgan fingerprint density at radius 3 is 1.31 bits per heavy atom. The Labute approximate surface area is 189 Å². The number of benzene rings is 2. The summed E-state index contributed by atoms with van der Waals surface area (Å²) in [6.07, 6.45) is 3.04. The largest absolute Gasteiger partial charge is 0.476 e. The van der Waals surface area contributed by atoms with Gasteiger partial charge in [-0.1, -0.05) is 60.7 Å². The molecular formula is C26H30N2O4. The average molecular weight is 435 g/mol. The van der Waals surface area contributed by atoms with E-state index in [9.17, 15) is 10.2 Å². The maximum Gasteiger partial charge on any atom is 0.226 e. The van der Waals surface area contributed by atoms with E-state index in [1.54, 1.807) is 24.3 Å². The summed E-state index contributed by atoms with van der Waals surface area (Å²) in [6.45, 7) is 8.49. The molecule has 2 unspecified atom stereocenters. The molecule has 0 saturated carbocycles.